The van der Waals surface area contributed by atoms with Crippen LogP contribution in [0.3, 0.4) is 0 Å². The molecule has 0 radical (unpaired) electrons. The Morgan fingerprint density at radius 3 is 2.73 bits per heavy atom. The highest BCUT2D eigenvalue weighted by atomic mass is 79.9. The number of methoxy groups -OCH3 is 1. The zero-order valence-corrected chi connectivity index (χ0v) is 15.8. The quantitative estimate of drug-likeness (QED) is 0.514. The van der Waals surface area contributed by atoms with Crippen LogP contribution in [0, 0.1) is 0 Å². The molecule has 0 N–H and O–H groups in total. The predicted octanol–water partition coefficient (Wildman–Crippen LogP) is 3.50. The summed E-state index contributed by atoms with van der Waals surface area (Å²) in [6.45, 7) is 0. The minimum absolute atomic E-state index is 0.494. The number of rotatable bonds is 4. The molecule has 4 rings (SSSR count). The lowest BCUT2D eigenvalue weighted by atomic mass is 10.2. The van der Waals surface area contributed by atoms with E-state index in [1.54, 1.807) is 28.9 Å². The number of aromatic nitrogens is 6. The maximum atomic E-state index is 5.42. The lowest BCUT2D eigenvalue weighted by molar-refractivity contribution is 0.393. The van der Waals surface area contributed by atoms with Gasteiger partial charge >= 0.3 is 0 Å². The molecule has 0 atom stereocenters. The summed E-state index contributed by atoms with van der Waals surface area (Å²) in [4.78, 5) is 8.90. The van der Waals surface area contributed by atoms with Gasteiger partial charge in [-0.15, -0.1) is 10.2 Å². The maximum absolute atomic E-state index is 5.42. The van der Waals surface area contributed by atoms with Crippen molar-refractivity contribution in [2.75, 3.05) is 7.11 Å². The highest BCUT2D eigenvalue weighted by Gasteiger charge is 2.21. The fourth-order valence-corrected chi connectivity index (χ4v) is 3.05. The SMILES string of the molecule is COc1nn(C)cc1-c1nc(-c2cccnc2)nn1-c1cccc(Br)c1. The van der Waals surface area contributed by atoms with Crippen LogP contribution in [-0.4, -0.2) is 36.6 Å². The van der Waals surface area contributed by atoms with E-state index in [9.17, 15) is 0 Å². The number of pyridine rings is 1. The molecule has 8 heteroatoms. The van der Waals surface area contributed by atoms with Crippen LogP contribution < -0.4 is 4.74 Å². The van der Waals surface area contributed by atoms with Crippen molar-refractivity contribution in [2.45, 2.75) is 0 Å². The van der Waals surface area contributed by atoms with E-state index in [0.717, 1.165) is 21.3 Å². The highest BCUT2D eigenvalue weighted by Crippen LogP contribution is 2.31. The lowest BCUT2D eigenvalue weighted by Crippen LogP contribution is -2.00. The molecule has 26 heavy (non-hydrogen) atoms. The molecular weight excluding hydrogens is 396 g/mol. The fourth-order valence-electron chi connectivity index (χ4n) is 2.66. The van der Waals surface area contributed by atoms with Crippen LogP contribution in [0.5, 0.6) is 5.88 Å². The maximum Gasteiger partial charge on any atom is 0.243 e. The van der Waals surface area contributed by atoms with Crippen LogP contribution in [0.2, 0.25) is 0 Å². The van der Waals surface area contributed by atoms with Gasteiger partial charge in [0.15, 0.2) is 11.6 Å². The largest absolute Gasteiger partial charge is 0.479 e. The molecule has 0 amide bonds. The van der Waals surface area contributed by atoms with E-state index in [0.29, 0.717) is 17.5 Å². The third-order valence-electron chi connectivity index (χ3n) is 3.81. The van der Waals surface area contributed by atoms with Gasteiger partial charge in [0.25, 0.3) is 0 Å². The number of ether oxygens (including phenoxy) is 1. The minimum atomic E-state index is 0.494. The molecule has 0 aliphatic carbocycles. The van der Waals surface area contributed by atoms with Crippen molar-refractivity contribution in [3.8, 4) is 34.3 Å². The molecule has 4 aromatic rings. The number of aryl methyl sites for hydroxylation is 1. The predicted molar refractivity (Wildman–Crippen MR) is 101 cm³/mol. The smallest absolute Gasteiger partial charge is 0.243 e. The van der Waals surface area contributed by atoms with Crippen molar-refractivity contribution >= 4 is 15.9 Å². The van der Waals surface area contributed by atoms with Crippen LogP contribution in [0.25, 0.3) is 28.5 Å². The van der Waals surface area contributed by atoms with Gasteiger partial charge in [-0.3, -0.25) is 9.67 Å². The molecule has 0 unspecified atom stereocenters. The molecule has 3 heterocycles. The second kappa shape index (κ2) is 6.72. The first-order valence-corrected chi connectivity index (χ1v) is 8.66. The van der Waals surface area contributed by atoms with Crippen LogP contribution in [0.15, 0.2) is 59.5 Å². The topological polar surface area (TPSA) is 70.7 Å². The van der Waals surface area contributed by atoms with Gasteiger partial charge in [0.2, 0.25) is 5.88 Å². The van der Waals surface area contributed by atoms with Gasteiger partial charge in [-0.1, -0.05) is 22.0 Å². The molecule has 0 bridgehead atoms. The standard InChI is InChI=1S/C18H15BrN6O/c1-24-11-15(18(23-24)26-2)17-21-16(12-5-4-8-20-10-12)22-25(17)14-7-3-6-13(19)9-14/h3-11H,1-2H3. The van der Waals surface area contributed by atoms with Gasteiger partial charge in [-0.05, 0) is 30.3 Å². The molecule has 0 spiro atoms. The summed E-state index contributed by atoms with van der Waals surface area (Å²) in [6.07, 6.45) is 5.33. The van der Waals surface area contributed by atoms with E-state index < -0.39 is 0 Å². The molecule has 3 aromatic heterocycles. The summed E-state index contributed by atoms with van der Waals surface area (Å²) in [5.74, 6) is 1.72. The van der Waals surface area contributed by atoms with Crippen molar-refractivity contribution < 1.29 is 4.74 Å². The minimum Gasteiger partial charge on any atom is -0.479 e. The lowest BCUT2D eigenvalue weighted by Gasteiger charge is -2.06. The zero-order chi connectivity index (χ0) is 18.1. The molecule has 1 aromatic carbocycles. The average molecular weight is 411 g/mol. The van der Waals surface area contributed by atoms with E-state index in [1.165, 1.54) is 0 Å². The van der Waals surface area contributed by atoms with Gasteiger partial charge < -0.3 is 4.74 Å². The van der Waals surface area contributed by atoms with Gasteiger partial charge in [-0.25, -0.2) is 9.67 Å². The first-order chi connectivity index (χ1) is 12.7. The van der Waals surface area contributed by atoms with Crippen molar-refractivity contribution in [2.24, 2.45) is 7.05 Å². The molecule has 0 aliphatic heterocycles. The Bertz CT molecular complexity index is 1060. The molecule has 7 nitrogen and oxygen atoms in total. The summed E-state index contributed by atoms with van der Waals surface area (Å²) < 4.78 is 9.85. The van der Waals surface area contributed by atoms with Crippen molar-refractivity contribution in [1.82, 2.24) is 29.5 Å². The van der Waals surface area contributed by atoms with E-state index in [2.05, 4.69) is 26.0 Å². The van der Waals surface area contributed by atoms with E-state index in [4.69, 9.17) is 14.8 Å². The van der Waals surface area contributed by atoms with Crippen LogP contribution in [-0.2, 0) is 7.05 Å². The summed E-state index contributed by atoms with van der Waals surface area (Å²) >= 11 is 3.51. The normalized spacial score (nSPS) is 10.9. The van der Waals surface area contributed by atoms with Gasteiger partial charge in [0.05, 0.1) is 12.8 Å². The number of nitrogens with zero attached hydrogens (tertiary/aromatic N) is 6. The molecule has 130 valence electrons. The van der Waals surface area contributed by atoms with Gasteiger partial charge in [0, 0.05) is 35.7 Å². The Morgan fingerprint density at radius 2 is 2.00 bits per heavy atom. The Hall–Kier alpha value is -3.00. The molecule has 0 aliphatic rings. The van der Waals surface area contributed by atoms with Crippen molar-refractivity contribution in [1.29, 1.82) is 0 Å². The second-order valence-corrected chi connectivity index (χ2v) is 6.53. The Kier molecular flexibility index (Phi) is 4.26. The Morgan fingerprint density at radius 1 is 1.12 bits per heavy atom. The van der Waals surface area contributed by atoms with Crippen LogP contribution in [0.1, 0.15) is 0 Å². The van der Waals surface area contributed by atoms with Crippen molar-refractivity contribution in [3.63, 3.8) is 0 Å². The number of hydrogen-bond donors (Lipinski definition) is 0. The summed E-state index contributed by atoms with van der Waals surface area (Å²) in [7, 11) is 3.43. The van der Waals surface area contributed by atoms with E-state index >= 15 is 0 Å². The van der Waals surface area contributed by atoms with Crippen LogP contribution >= 0.6 is 15.9 Å². The summed E-state index contributed by atoms with van der Waals surface area (Å²) in [5, 5.41) is 9.04. The number of halogens is 1. The number of benzene rings is 1. The first-order valence-electron chi connectivity index (χ1n) is 7.87. The third kappa shape index (κ3) is 2.99. The highest BCUT2D eigenvalue weighted by molar-refractivity contribution is 9.10. The average Bonchev–Trinajstić information content (AvgIpc) is 3.26. The summed E-state index contributed by atoms with van der Waals surface area (Å²) in [6, 6.07) is 11.7. The molecule has 0 saturated heterocycles. The summed E-state index contributed by atoms with van der Waals surface area (Å²) in [5.41, 5.74) is 2.48. The van der Waals surface area contributed by atoms with Crippen molar-refractivity contribution in [3.05, 3.63) is 59.5 Å². The van der Waals surface area contributed by atoms with Crippen LogP contribution in [0.4, 0.5) is 0 Å². The van der Waals surface area contributed by atoms with Gasteiger partial charge in [0.1, 0.15) is 5.56 Å². The molecule has 0 saturated carbocycles. The Balaban J connectivity index is 1.95. The zero-order valence-electron chi connectivity index (χ0n) is 14.2. The third-order valence-corrected chi connectivity index (χ3v) is 4.30. The molecular formula is C18H15BrN6O. The van der Waals surface area contributed by atoms with E-state index in [1.807, 2.05) is 49.6 Å². The van der Waals surface area contributed by atoms with Gasteiger partial charge in [-0.2, -0.15) is 0 Å². The monoisotopic (exact) mass is 410 g/mol. The second-order valence-electron chi connectivity index (χ2n) is 5.62. The number of hydrogen-bond acceptors (Lipinski definition) is 5. The first kappa shape index (κ1) is 16.5. The fraction of sp³-hybridized carbons (Fsp3) is 0.111. The molecule has 0 fully saturated rings. The Labute approximate surface area is 158 Å². The van der Waals surface area contributed by atoms with E-state index in [-0.39, 0.29) is 0 Å².